The van der Waals surface area contributed by atoms with E-state index >= 15 is 0 Å². The smallest absolute Gasteiger partial charge is 0.119 e. The van der Waals surface area contributed by atoms with Crippen LogP contribution >= 0.6 is 0 Å². The quantitative estimate of drug-likeness (QED) is 0.630. The van der Waals surface area contributed by atoms with E-state index in [0.717, 1.165) is 32.0 Å². The number of hydrogen-bond acceptors (Lipinski definition) is 3. The average molecular weight is 292 g/mol. The number of ether oxygens (including phenoxy) is 1. The summed E-state index contributed by atoms with van der Waals surface area (Å²) in [5.41, 5.74) is 1.30. The van der Waals surface area contributed by atoms with Crippen LogP contribution in [-0.4, -0.2) is 37.7 Å². The van der Waals surface area contributed by atoms with E-state index in [9.17, 15) is 0 Å². The number of nitrogens with zero attached hydrogens (tertiary/aromatic N) is 1. The van der Waals surface area contributed by atoms with Gasteiger partial charge in [-0.25, -0.2) is 0 Å². The minimum absolute atomic E-state index is 0.518. The molecule has 0 saturated heterocycles. The normalized spacial score (nSPS) is 11.3. The monoisotopic (exact) mass is 292 g/mol. The molecular weight excluding hydrogens is 260 g/mol. The lowest BCUT2D eigenvalue weighted by molar-refractivity contribution is 0.235. The van der Waals surface area contributed by atoms with Crippen molar-refractivity contribution in [3.8, 4) is 5.75 Å². The third-order valence-corrected chi connectivity index (χ3v) is 3.52. The first kappa shape index (κ1) is 18.0. The van der Waals surface area contributed by atoms with Gasteiger partial charge in [-0.1, -0.05) is 45.7 Å². The molecule has 21 heavy (non-hydrogen) atoms. The van der Waals surface area contributed by atoms with Crippen molar-refractivity contribution in [2.75, 3.05) is 26.7 Å². The summed E-state index contributed by atoms with van der Waals surface area (Å²) in [5, 5.41) is 3.42. The minimum atomic E-state index is 0.518. The molecule has 0 heterocycles. The van der Waals surface area contributed by atoms with Crippen molar-refractivity contribution in [3.63, 3.8) is 0 Å². The van der Waals surface area contributed by atoms with Crippen LogP contribution in [0.15, 0.2) is 24.3 Å². The number of likely N-dealkylation sites (N-methyl/N-ethyl adjacent to an activating group) is 1. The van der Waals surface area contributed by atoms with Crippen LogP contribution in [0.4, 0.5) is 0 Å². The lowest BCUT2D eigenvalue weighted by Crippen LogP contribution is -2.25. The van der Waals surface area contributed by atoms with Crippen LogP contribution in [0.25, 0.3) is 0 Å². The first-order valence-corrected chi connectivity index (χ1v) is 8.25. The molecule has 0 radical (unpaired) electrons. The van der Waals surface area contributed by atoms with Crippen molar-refractivity contribution in [1.82, 2.24) is 10.2 Å². The zero-order valence-electron chi connectivity index (χ0n) is 14.2. The van der Waals surface area contributed by atoms with Gasteiger partial charge in [0.25, 0.3) is 0 Å². The Bertz CT molecular complexity index is 362. The van der Waals surface area contributed by atoms with Crippen LogP contribution in [0, 0.1) is 0 Å². The summed E-state index contributed by atoms with van der Waals surface area (Å²) in [4.78, 5) is 2.34. The molecule has 0 aromatic heterocycles. The van der Waals surface area contributed by atoms with E-state index in [0.29, 0.717) is 6.04 Å². The van der Waals surface area contributed by atoms with E-state index in [1.54, 1.807) is 0 Å². The van der Waals surface area contributed by atoms with E-state index in [2.05, 4.69) is 62.3 Å². The van der Waals surface area contributed by atoms with E-state index in [1.807, 2.05) is 0 Å². The van der Waals surface area contributed by atoms with E-state index in [1.165, 1.54) is 24.8 Å². The third-order valence-electron chi connectivity index (χ3n) is 3.52. The van der Waals surface area contributed by atoms with Crippen molar-refractivity contribution < 1.29 is 4.74 Å². The van der Waals surface area contributed by atoms with E-state index in [-0.39, 0.29) is 0 Å². The molecule has 0 bridgehead atoms. The SMILES string of the molecule is CCCCCN(C)CCOc1ccc(CNC(C)C)cc1. The predicted octanol–water partition coefficient (Wildman–Crippen LogP) is 3.69. The van der Waals surface area contributed by atoms with Gasteiger partial charge in [0, 0.05) is 19.1 Å². The lowest BCUT2D eigenvalue weighted by Gasteiger charge is -2.16. The van der Waals surface area contributed by atoms with Crippen LogP contribution in [0.5, 0.6) is 5.75 Å². The van der Waals surface area contributed by atoms with Gasteiger partial charge >= 0.3 is 0 Å². The van der Waals surface area contributed by atoms with Gasteiger partial charge < -0.3 is 15.0 Å². The maximum Gasteiger partial charge on any atom is 0.119 e. The van der Waals surface area contributed by atoms with Crippen LogP contribution in [0.3, 0.4) is 0 Å². The van der Waals surface area contributed by atoms with Crippen LogP contribution in [0.1, 0.15) is 45.6 Å². The summed E-state index contributed by atoms with van der Waals surface area (Å²) in [6, 6.07) is 8.91. The summed E-state index contributed by atoms with van der Waals surface area (Å²) < 4.78 is 5.80. The molecule has 0 fully saturated rings. The molecule has 0 spiro atoms. The van der Waals surface area contributed by atoms with Crippen molar-refractivity contribution >= 4 is 0 Å². The molecule has 0 amide bonds. The van der Waals surface area contributed by atoms with Crippen molar-refractivity contribution in [3.05, 3.63) is 29.8 Å². The molecule has 1 N–H and O–H groups in total. The molecule has 120 valence electrons. The van der Waals surface area contributed by atoms with E-state index < -0.39 is 0 Å². The largest absolute Gasteiger partial charge is 0.492 e. The first-order chi connectivity index (χ1) is 10.1. The molecule has 0 aliphatic heterocycles. The average Bonchev–Trinajstić information content (AvgIpc) is 2.46. The standard InChI is InChI=1S/C18H32N2O/c1-5-6-7-12-20(4)13-14-21-18-10-8-17(9-11-18)15-19-16(2)3/h8-11,16,19H,5-7,12-15H2,1-4H3. The highest BCUT2D eigenvalue weighted by atomic mass is 16.5. The summed E-state index contributed by atoms with van der Waals surface area (Å²) in [6.45, 7) is 10.4. The molecule has 0 saturated carbocycles. The molecule has 0 aliphatic rings. The van der Waals surface area contributed by atoms with Crippen LogP contribution < -0.4 is 10.1 Å². The Hall–Kier alpha value is -1.06. The highest BCUT2D eigenvalue weighted by Crippen LogP contribution is 2.12. The highest BCUT2D eigenvalue weighted by Gasteiger charge is 2.00. The lowest BCUT2D eigenvalue weighted by atomic mass is 10.2. The fraction of sp³-hybridized carbons (Fsp3) is 0.667. The Morgan fingerprint density at radius 1 is 1.10 bits per heavy atom. The van der Waals surface area contributed by atoms with Gasteiger partial charge in [0.1, 0.15) is 12.4 Å². The molecule has 3 nitrogen and oxygen atoms in total. The Kier molecular flexibility index (Phi) is 9.11. The molecule has 0 atom stereocenters. The van der Waals surface area contributed by atoms with Gasteiger partial charge in [0.2, 0.25) is 0 Å². The summed E-state index contributed by atoms with van der Waals surface area (Å²) in [7, 11) is 2.17. The third kappa shape index (κ3) is 8.74. The van der Waals surface area contributed by atoms with E-state index in [4.69, 9.17) is 4.74 Å². The summed E-state index contributed by atoms with van der Waals surface area (Å²) >= 11 is 0. The second-order valence-electron chi connectivity index (χ2n) is 6.04. The van der Waals surface area contributed by atoms with Crippen LogP contribution in [-0.2, 0) is 6.54 Å². The summed E-state index contributed by atoms with van der Waals surface area (Å²) in [6.07, 6.45) is 3.88. The maximum absolute atomic E-state index is 5.80. The molecule has 0 unspecified atom stereocenters. The van der Waals surface area contributed by atoms with Crippen molar-refractivity contribution in [2.24, 2.45) is 0 Å². The fourth-order valence-electron chi connectivity index (χ4n) is 2.09. The predicted molar refractivity (Wildman–Crippen MR) is 90.9 cm³/mol. The van der Waals surface area contributed by atoms with Crippen molar-refractivity contribution in [2.45, 2.75) is 52.6 Å². The van der Waals surface area contributed by atoms with Gasteiger partial charge in [-0.05, 0) is 37.7 Å². The van der Waals surface area contributed by atoms with Crippen molar-refractivity contribution in [1.29, 1.82) is 0 Å². The molecular formula is C18H32N2O. The Balaban J connectivity index is 2.20. The number of unbranched alkanes of at least 4 members (excludes halogenated alkanes) is 2. The van der Waals surface area contributed by atoms with Gasteiger partial charge in [-0.3, -0.25) is 0 Å². The van der Waals surface area contributed by atoms with Crippen LogP contribution in [0.2, 0.25) is 0 Å². The molecule has 1 aromatic rings. The maximum atomic E-state index is 5.80. The Morgan fingerprint density at radius 2 is 1.81 bits per heavy atom. The number of nitrogens with one attached hydrogen (secondary N) is 1. The molecule has 1 aromatic carbocycles. The van der Waals surface area contributed by atoms with Gasteiger partial charge in [0.05, 0.1) is 0 Å². The second-order valence-corrected chi connectivity index (χ2v) is 6.04. The second kappa shape index (κ2) is 10.6. The topological polar surface area (TPSA) is 24.5 Å². The molecule has 0 aliphatic carbocycles. The summed E-state index contributed by atoms with van der Waals surface area (Å²) in [5.74, 6) is 0.963. The fourth-order valence-corrected chi connectivity index (χ4v) is 2.09. The number of rotatable bonds is 11. The van der Waals surface area contributed by atoms with Gasteiger partial charge in [0.15, 0.2) is 0 Å². The highest BCUT2D eigenvalue weighted by molar-refractivity contribution is 5.27. The van der Waals surface area contributed by atoms with Gasteiger partial charge in [-0.15, -0.1) is 0 Å². The van der Waals surface area contributed by atoms with Gasteiger partial charge in [-0.2, -0.15) is 0 Å². The number of hydrogen-bond donors (Lipinski definition) is 1. The number of benzene rings is 1. The molecule has 1 rings (SSSR count). The Labute approximate surface area is 130 Å². The Morgan fingerprint density at radius 3 is 2.43 bits per heavy atom. The first-order valence-electron chi connectivity index (χ1n) is 8.25. The zero-order valence-corrected chi connectivity index (χ0v) is 14.2. The molecule has 3 heteroatoms. The zero-order chi connectivity index (χ0) is 15.5. The minimum Gasteiger partial charge on any atom is -0.492 e.